The van der Waals surface area contributed by atoms with Crippen LogP contribution in [0.2, 0.25) is 0 Å². The molecule has 0 aliphatic heterocycles. The summed E-state index contributed by atoms with van der Waals surface area (Å²) in [5.41, 5.74) is 6.64. The lowest BCUT2D eigenvalue weighted by Crippen LogP contribution is -2.11. The van der Waals surface area contributed by atoms with E-state index in [1.807, 2.05) is 0 Å². The van der Waals surface area contributed by atoms with E-state index in [4.69, 9.17) is 0 Å². The van der Waals surface area contributed by atoms with Crippen molar-refractivity contribution in [2.75, 3.05) is 10.9 Å². The van der Waals surface area contributed by atoms with E-state index < -0.39 is 5.82 Å². The zero-order valence-corrected chi connectivity index (χ0v) is 9.30. The molecule has 0 atom stereocenters. The Kier molecular flexibility index (Phi) is 3.23. The van der Waals surface area contributed by atoms with Gasteiger partial charge in [0.05, 0.1) is 11.4 Å². The fourth-order valence-corrected chi connectivity index (χ4v) is 1.42. The molecule has 0 aromatic heterocycles. The van der Waals surface area contributed by atoms with Crippen molar-refractivity contribution in [1.29, 1.82) is 0 Å². The van der Waals surface area contributed by atoms with E-state index in [0.29, 0.717) is 0 Å². The second kappa shape index (κ2) is 4.82. The van der Waals surface area contributed by atoms with Crippen LogP contribution in [0.25, 0.3) is 0 Å². The third-order valence-electron chi connectivity index (χ3n) is 2.33. The van der Waals surface area contributed by atoms with Gasteiger partial charge in [-0.2, -0.15) is 0 Å². The number of nitrogens with one attached hydrogen (secondary N) is 2. The Morgan fingerprint density at radius 1 is 0.824 bits per heavy atom. The molecule has 0 fully saturated rings. The summed E-state index contributed by atoms with van der Waals surface area (Å²) in [7, 11) is 0. The molecule has 0 heterocycles. The van der Waals surface area contributed by atoms with Gasteiger partial charge >= 0.3 is 0 Å². The van der Waals surface area contributed by atoms with E-state index in [2.05, 4.69) is 10.9 Å². The number of halogens is 2. The topological polar surface area (TPSA) is 24.1 Å². The summed E-state index contributed by atoms with van der Waals surface area (Å²) in [4.78, 5) is 0. The lowest BCUT2D eigenvalue weighted by Gasteiger charge is -2.11. The smallest absolute Gasteiger partial charge is 0.148 e. The molecule has 0 radical (unpaired) electrons. The van der Waals surface area contributed by atoms with Gasteiger partial charge < -0.3 is 0 Å². The number of benzene rings is 2. The largest absolute Gasteiger partial charge is 0.298 e. The van der Waals surface area contributed by atoms with Crippen molar-refractivity contribution >= 4 is 11.4 Å². The predicted octanol–water partition coefficient (Wildman–Crippen LogP) is 3.71. The lowest BCUT2D eigenvalue weighted by molar-refractivity contribution is 0.626. The van der Waals surface area contributed by atoms with Crippen molar-refractivity contribution in [3.8, 4) is 0 Å². The molecule has 2 N–H and O–H groups in total. The Bertz CT molecular complexity index is 527. The van der Waals surface area contributed by atoms with Crippen LogP contribution in [0.1, 0.15) is 5.56 Å². The maximum absolute atomic E-state index is 13.5. The van der Waals surface area contributed by atoms with E-state index in [-0.39, 0.29) is 17.2 Å². The summed E-state index contributed by atoms with van der Waals surface area (Å²) in [5, 5.41) is 0. The number of hydrazine groups is 1. The minimum Gasteiger partial charge on any atom is -0.298 e. The van der Waals surface area contributed by atoms with Crippen LogP contribution < -0.4 is 10.9 Å². The highest BCUT2D eigenvalue weighted by Crippen LogP contribution is 2.17. The number of hydrogen-bond donors (Lipinski definition) is 2. The van der Waals surface area contributed by atoms with Gasteiger partial charge in [0.15, 0.2) is 0 Å². The maximum Gasteiger partial charge on any atom is 0.148 e. The highest BCUT2D eigenvalue weighted by Gasteiger charge is 2.03. The molecular formula is C13H12F2N2. The Morgan fingerprint density at radius 3 is 2.12 bits per heavy atom. The second-order valence-electron chi connectivity index (χ2n) is 3.71. The van der Waals surface area contributed by atoms with E-state index >= 15 is 0 Å². The molecule has 2 aromatic rings. The molecule has 2 aromatic carbocycles. The standard InChI is InChI=1S/C13H12F2N2/c1-9-6-7-13(11(15)8-9)17-16-12-5-3-2-4-10(12)14/h2-8,16-17H,1H3. The van der Waals surface area contributed by atoms with Gasteiger partial charge in [-0.25, -0.2) is 8.78 Å². The van der Waals surface area contributed by atoms with Crippen LogP contribution in [0.15, 0.2) is 42.5 Å². The molecule has 0 amide bonds. The van der Waals surface area contributed by atoms with Gasteiger partial charge in [0, 0.05) is 0 Å². The zero-order chi connectivity index (χ0) is 12.3. The van der Waals surface area contributed by atoms with Crippen LogP contribution in [-0.2, 0) is 0 Å². The molecule has 0 aliphatic carbocycles. The molecule has 2 rings (SSSR count). The Balaban J connectivity index is 2.10. The van der Waals surface area contributed by atoms with Crippen molar-refractivity contribution < 1.29 is 8.78 Å². The van der Waals surface area contributed by atoms with Gasteiger partial charge in [-0.1, -0.05) is 18.2 Å². The van der Waals surface area contributed by atoms with Crippen molar-refractivity contribution in [2.24, 2.45) is 0 Å². The highest BCUT2D eigenvalue weighted by molar-refractivity contribution is 5.54. The minimum absolute atomic E-state index is 0.271. The summed E-state index contributed by atoms with van der Waals surface area (Å²) in [6.07, 6.45) is 0. The number of hydrogen-bond acceptors (Lipinski definition) is 2. The lowest BCUT2D eigenvalue weighted by atomic mass is 10.2. The SMILES string of the molecule is Cc1ccc(NNc2ccccc2F)c(F)c1. The Labute approximate surface area is 98.3 Å². The number of anilines is 2. The fraction of sp³-hybridized carbons (Fsp3) is 0.0769. The number of rotatable bonds is 3. The molecule has 0 spiro atoms. The number of para-hydroxylation sites is 1. The average molecular weight is 234 g/mol. The molecular weight excluding hydrogens is 222 g/mol. The summed E-state index contributed by atoms with van der Waals surface area (Å²) < 4.78 is 26.7. The third-order valence-corrected chi connectivity index (χ3v) is 2.33. The summed E-state index contributed by atoms with van der Waals surface area (Å²) in [6, 6.07) is 11.0. The average Bonchev–Trinajstić information content (AvgIpc) is 2.30. The van der Waals surface area contributed by atoms with Crippen LogP contribution in [0.5, 0.6) is 0 Å². The van der Waals surface area contributed by atoms with E-state index in [1.54, 1.807) is 37.3 Å². The van der Waals surface area contributed by atoms with Gasteiger partial charge in [0.1, 0.15) is 11.6 Å². The molecule has 0 saturated carbocycles. The van der Waals surface area contributed by atoms with Crippen molar-refractivity contribution in [1.82, 2.24) is 0 Å². The molecule has 2 nitrogen and oxygen atoms in total. The van der Waals surface area contributed by atoms with Crippen LogP contribution in [0, 0.1) is 18.6 Å². The van der Waals surface area contributed by atoms with Crippen LogP contribution in [0.3, 0.4) is 0 Å². The molecule has 17 heavy (non-hydrogen) atoms. The van der Waals surface area contributed by atoms with Gasteiger partial charge in [-0.05, 0) is 36.8 Å². The molecule has 0 bridgehead atoms. The third kappa shape index (κ3) is 2.72. The van der Waals surface area contributed by atoms with E-state index in [1.165, 1.54) is 12.1 Å². The minimum atomic E-state index is -0.396. The summed E-state index contributed by atoms with van der Waals surface area (Å²) in [5.74, 6) is -0.777. The first-order valence-electron chi connectivity index (χ1n) is 5.19. The first kappa shape index (κ1) is 11.4. The Hall–Kier alpha value is -2.10. The quantitative estimate of drug-likeness (QED) is 0.791. The van der Waals surface area contributed by atoms with Crippen LogP contribution in [-0.4, -0.2) is 0 Å². The molecule has 0 aliphatic rings. The van der Waals surface area contributed by atoms with Gasteiger partial charge in [-0.3, -0.25) is 10.9 Å². The fourth-order valence-electron chi connectivity index (χ4n) is 1.42. The monoisotopic (exact) mass is 234 g/mol. The van der Waals surface area contributed by atoms with E-state index in [0.717, 1.165) is 5.56 Å². The van der Waals surface area contributed by atoms with Gasteiger partial charge in [-0.15, -0.1) is 0 Å². The first-order valence-corrected chi connectivity index (χ1v) is 5.19. The maximum atomic E-state index is 13.5. The highest BCUT2D eigenvalue weighted by atomic mass is 19.1. The molecule has 0 unspecified atom stereocenters. The van der Waals surface area contributed by atoms with Crippen molar-refractivity contribution in [3.63, 3.8) is 0 Å². The second-order valence-corrected chi connectivity index (χ2v) is 3.71. The summed E-state index contributed by atoms with van der Waals surface area (Å²) in [6.45, 7) is 1.80. The first-order chi connectivity index (χ1) is 8.16. The van der Waals surface area contributed by atoms with Gasteiger partial charge in [0.25, 0.3) is 0 Å². The van der Waals surface area contributed by atoms with Crippen molar-refractivity contribution in [3.05, 3.63) is 59.7 Å². The predicted molar refractivity (Wildman–Crippen MR) is 64.8 cm³/mol. The molecule has 0 saturated heterocycles. The zero-order valence-electron chi connectivity index (χ0n) is 9.30. The van der Waals surface area contributed by atoms with Gasteiger partial charge in [0.2, 0.25) is 0 Å². The van der Waals surface area contributed by atoms with Crippen LogP contribution in [0.4, 0.5) is 20.2 Å². The van der Waals surface area contributed by atoms with E-state index in [9.17, 15) is 8.78 Å². The summed E-state index contributed by atoms with van der Waals surface area (Å²) >= 11 is 0. The van der Waals surface area contributed by atoms with Crippen LogP contribution >= 0.6 is 0 Å². The Morgan fingerprint density at radius 2 is 1.47 bits per heavy atom. The molecule has 4 heteroatoms. The number of aryl methyl sites for hydroxylation is 1. The molecule has 88 valence electrons. The van der Waals surface area contributed by atoms with Crippen molar-refractivity contribution in [2.45, 2.75) is 6.92 Å². The normalized spacial score (nSPS) is 10.1.